The minimum Gasteiger partial charge on any atom is -0.465 e. The van der Waals surface area contributed by atoms with Crippen LogP contribution in [0.4, 0.5) is 104 Å². The van der Waals surface area contributed by atoms with Gasteiger partial charge in [-0.2, -0.15) is 94.3 Å². The maximum Gasteiger partial charge on any atom is 0.343 e. The summed E-state index contributed by atoms with van der Waals surface area (Å²) in [5.74, 6) is -0.808. The van der Waals surface area contributed by atoms with Crippen LogP contribution in [-0.2, 0) is 61.3 Å². The summed E-state index contributed by atoms with van der Waals surface area (Å²) in [7, 11) is 13.3. The SMILES string of the molecule is COC(=O)c1cnn(C)c1N=Nc1c(C)nn(-c2ccc(-n3nc(C)c(N=Nc4c(C(=O)CO)cnn4C)c3N)nn2)c1N.COC(=O)c1cnn(C)c1N=Nc1c(C)nn(-c2cnc(-n3nc(C)c(N=Nc4c(C(=O)C=O)cnn4C)c3N)cn2)c1N.COC(=O)c1cnn(C)c1N=Nc1c(C)nn(-c2nccc(-n3nc(C)c(N=Nc4c(C(=O)CO)cnn4C)c3N)n2)c1N. The van der Waals surface area contributed by atoms with Crippen LogP contribution in [0.1, 0.15) is 96.3 Å². The normalized spacial score (nSPS) is 11.6. The van der Waals surface area contributed by atoms with Crippen LogP contribution in [0.3, 0.4) is 0 Å². The van der Waals surface area contributed by atoms with E-state index in [-0.39, 0.29) is 179 Å². The number of nitrogen functional groups attached to an aromatic ring is 6. The first-order valence-electron chi connectivity index (χ1n) is 37.9. The zero-order valence-electron chi connectivity index (χ0n) is 72.1. The number of hydrogen-bond donors (Lipinski definition) is 8. The maximum atomic E-state index is 12.0. The number of azo groups is 6. The molecule has 0 radical (unpaired) electrons. The fourth-order valence-electron chi connectivity index (χ4n) is 12.1. The number of aliphatic hydroxyl groups is 2. The standard InChI is InChI=1S/C24H24N16O4.2C24H26N16O4/c1-11-18(31-33-22-13(15(42)10-41)6-29-37(22)3)20(25)39(35-11)16-8-28-17(9-27-16)40-21(26)19(12(2)36-40)32-34-23-14(24(43)44-5)7-30-38(23)4;1-11-17(31-33-21-13(15(42)10-41)8-28-37(21)3)19(25)39(35-11)16-6-7-27-24(30-16)40-20(26)18(12(2)36-40)32-34-22-14(23(43)44-5)9-29-38(22)4;1-11-18(31-33-22-13(15(42)10-41)8-27-37(22)3)20(25)39(35-11)16-6-7-17(30-29-16)40-21(26)19(12(2)36-40)32-34-23-14(24(43)44-5)9-28-38(23)4/h6-10H,25-26H2,1-5H3;2*6-9,41H,10,25-26H2,1-5H3. The molecule has 0 bridgehead atoms. The Hall–Kier alpha value is -18.8. The molecule has 15 aromatic rings. The Morgan fingerprint density at radius 3 is 0.856 bits per heavy atom. The van der Waals surface area contributed by atoms with Crippen molar-refractivity contribution in [3.8, 4) is 35.0 Å². The molecule has 60 nitrogen and oxygen atoms in total. The van der Waals surface area contributed by atoms with E-state index in [0.717, 1.165) is 0 Å². The number of methoxy groups -OCH3 is 3. The van der Waals surface area contributed by atoms with Crippen molar-refractivity contribution < 1.29 is 58.0 Å². The van der Waals surface area contributed by atoms with Crippen molar-refractivity contribution >= 4 is 145 Å². The first-order valence-corrected chi connectivity index (χ1v) is 37.9. The smallest absolute Gasteiger partial charge is 0.343 e. The van der Waals surface area contributed by atoms with E-state index < -0.39 is 48.5 Å². The van der Waals surface area contributed by atoms with Crippen LogP contribution < -0.4 is 34.4 Å². The van der Waals surface area contributed by atoms with Crippen molar-refractivity contribution in [2.24, 2.45) is 104 Å². The molecule has 0 saturated carbocycles. The van der Waals surface area contributed by atoms with Gasteiger partial charge in [0.15, 0.2) is 151 Å². The summed E-state index contributed by atoms with van der Waals surface area (Å²) in [5.41, 5.74) is 42.6. The summed E-state index contributed by atoms with van der Waals surface area (Å²) < 4.78 is 30.3. The molecule has 0 aliphatic heterocycles. The summed E-state index contributed by atoms with van der Waals surface area (Å²) in [6.07, 6.45) is 12.2. The van der Waals surface area contributed by atoms with Gasteiger partial charge < -0.3 is 58.8 Å². The van der Waals surface area contributed by atoms with Gasteiger partial charge in [-0.3, -0.25) is 19.2 Å². The maximum absolute atomic E-state index is 12.0. The third kappa shape index (κ3) is 17.8. The van der Waals surface area contributed by atoms with Crippen molar-refractivity contribution in [3.63, 3.8) is 0 Å². The van der Waals surface area contributed by atoms with Crippen molar-refractivity contribution in [1.82, 2.24) is 147 Å². The molecule has 0 fully saturated rings. The highest BCUT2D eigenvalue weighted by Gasteiger charge is 2.28. The number of nitrogens with zero attached hydrogens (tertiary/aromatic N) is 42. The molecule has 0 atom stereocenters. The van der Waals surface area contributed by atoms with E-state index in [9.17, 15) is 43.8 Å². The number of hydrogen-bond acceptors (Lipinski definition) is 48. The van der Waals surface area contributed by atoms with Crippen LogP contribution in [0.5, 0.6) is 0 Å². The quantitative estimate of drug-likeness (QED) is 0.00744. The second-order valence-electron chi connectivity index (χ2n) is 27.4. The number of nitrogens with two attached hydrogens (primary N) is 6. The molecule has 0 aliphatic carbocycles. The van der Waals surface area contributed by atoms with Crippen molar-refractivity contribution in [2.75, 3.05) is 68.9 Å². The molecule has 60 heteroatoms. The molecule has 0 spiro atoms. The van der Waals surface area contributed by atoms with Gasteiger partial charge in [-0.15, -0.1) is 71.6 Å². The van der Waals surface area contributed by atoms with E-state index >= 15 is 0 Å². The summed E-state index contributed by atoms with van der Waals surface area (Å²) >= 11 is 0. The van der Waals surface area contributed by atoms with Crippen LogP contribution in [0, 0.1) is 41.5 Å². The number of aromatic nitrogens is 30. The largest absolute Gasteiger partial charge is 0.465 e. The molecule has 0 amide bonds. The minimum absolute atomic E-state index is 0.00277. The van der Waals surface area contributed by atoms with Crippen molar-refractivity contribution in [3.05, 3.63) is 142 Å². The van der Waals surface area contributed by atoms with E-state index in [1.807, 2.05) is 0 Å². The molecular formula is C72H76N48O12. The van der Waals surface area contributed by atoms with Gasteiger partial charge in [0.2, 0.25) is 5.78 Å². The van der Waals surface area contributed by atoms with Gasteiger partial charge in [0, 0.05) is 54.5 Å². The highest BCUT2D eigenvalue weighted by molar-refractivity contribution is 6.34. The number of ketones is 3. The lowest BCUT2D eigenvalue weighted by atomic mass is 10.2. The number of aldehydes is 1. The molecule has 0 saturated heterocycles. The lowest BCUT2D eigenvalue weighted by Gasteiger charge is -2.06. The Morgan fingerprint density at radius 2 is 0.583 bits per heavy atom. The lowest BCUT2D eigenvalue weighted by molar-refractivity contribution is -0.104. The number of carbonyl (C=O) groups excluding carboxylic acids is 7. The van der Waals surface area contributed by atoms with Gasteiger partial charge in [0.05, 0.1) is 122 Å². The predicted molar refractivity (Wildman–Crippen MR) is 455 cm³/mol. The number of esters is 3. The summed E-state index contributed by atoms with van der Waals surface area (Å²) in [6, 6.07) is 4.76. The molecule has 15 aromatic heterocycles. The van der Waals surface area contributed by atoms with E-state index in [4.69, 9.17) is 48.6 Å². The van der Waals surface area contributed by atoms with Crippen LogP contribution in [-0.4, -0.2) is 234 Å². The average Bonchev–Trinajstić information content (AvgIpc) is 1.64. The van der Waals surface area contributed by atoms with Gasteiger partial charge in [0.1, 0.15) is 29.9 Å². The lowest BCUT2D eigenvalue weighted by Crippen LogP contribution is -2.10. The zero-order chi connectivity index (χ0) is 95.1. The molecule has 132 heavy (non-hydrogen) atoms. The monoisotopic (exact) mass is 1800 g/mol. The summed E-state index contributed by atoms with van der Waals surface area (Å²) in [5, 5.41) is 127. The second-order valence-corrected chi connectivity index (χ2v) is 27.4. The highest BCUT2D eigenvalue weighted by Crippen LogP contribution is 2.39. The van der Waals surface area contributed by atoms with Gasteiger partial charge in [-0.05, 0) is 53.7 Å². The number of ether oxygens (including phenoxy) is 3. The Kier molecular flexibility index (Phi) is 26.1. The Labute approximate surface area is 738 Å². The van der Waals surface area contributed by atoms with Crippen LogP contribution in [0.15, 0.2) is 135 Å². The number of aryl methyl sites for hydroxylation is 12. The molecule has 15 rings (SSSR count). The van der Waals surface area contributed by atoms with Gasteiger partial charge in [0.25, 0.3) is 5.95 Å². The third-order valence-electron chi connectivity index (χ3n) is 18.9. The second kappa shape index (κ2) is 37.9. The highest BCUT2D eigenvalue weighted by atomic mass is 16.5. The van der Waals surface area contributed by atoms with Gasteiger partial charge in [-0.25, -0.2) is 57.4 Å². The first kappa shape index (κ1) is 90.9. The number of rotatable bonds is 27. The van der Waals surface area contributed by atoms with Gasteiger partial charge >= 0.3 is 17.9 Å². The minimum atomic E-state index is -0.785. The Balaban J connectivity index is 0.000000168. The number of Topliss-reactive ketones (excluding diaryl/α,β-unsaturated/α-hetero) is 3. The van der Waals surface area contributed by atoms with Crippen molar-refractivity contribution in [2.45, 2.75) is 41.5 Å². The van der Waals surface area contributed by atoms with Crippen molar-refractivity contribution in [1.29, 1.82) is 0 Å². The molecule has 0 aromatic carbocycles. The van der Waals surface area contributed by atoms with E-state index in [2.05, 4.69) is 153 Å². The van der Waals surface area contributed by atoms with Crippen LogP contribution in [0.25, 0.3) is 35.0 Å². The molecule has 15 heterocycles. The molecule has 676 valence electrons. The Bertz CT molecular complexity index is 6940. The molecular weight excluding hydrogens is 1730 g/mol. The predicted octanol–water partition coefficient (Wildman–Crippen LogP) is 5.87. The average molecular weight is 1810 g/mol. The fraction of sp³-hybridized carbons (Fsp3) is 0.236. The van der Waals surface area contributed by atoms with Gasteiger partial charge in [-0.1, -0.05) is 0 Å². The molecule has 0 unspecified atom stereocenters. The Morgan fingerprint density at radius 1 is 0.333 bits per heavy atom. The summed E-state index contributed by atoms with van der Waals surface area (Å²) in [4.78, 5) is 100. The summed E-state index contributed by atoms with van der Waals surface area (Å²) in [6.45, 7) is 8.65. The zero-order valence-corrected chi connectivity index (χ0v) is 72.1. The van der Waals surface area contributed by atoms with Crippen LogP contribution >= 0.6 is 0 Å². The van der Waals surface area contributed by atoms with E-state index in [1.165, 1.54) is 133 Å². The number of aliphatic hydroxyl groups excluding tert-OH is 2. The third-order valence-corrected chi connectivity index (χ3v) is 18.9. The fourth-order valence-corrected chi connectivity index (χ4v) is 12.1. The van der Waals surface area contributed by atoms with Crippen LogP contribution in [0.2, 0.25) is 0 Å². The number of carbonyl (C=O) groups is 7. The molecule has 14 N–H and O–H groups in total. The topological polar surface area (TPSA) is 783 Å². The molecule has 0 aliphatic rings. The van der Waals surface area contributed by atoms with E-state index in [1.54, 1.807) is 102 Å². The first-order chi connectivity index (χ1) is 63.1. The van der Waals surface area contributed by atoms with E-state index in [0.29, 0.717) is 34.2 Å². The number of anilines is 6.